The first-order chi connectivity index (χ1) is 15.7. The molecule has 2 heterocycles. The summed E-state index contributed by atoms with van der Waals surface area (Å²) < 4.78 is 5.52. The van der Waals surface area contributed by atoms with Gasteiger partial charge in [-0.15, -0.1) is 0 Å². The molecular formula is C25H22N4O3. The van der Waals surface area contributed by atoms with E-state index in [1.807, 2.05) is 65.6 Å². The molecule has 32 heavy (non-hydrogen) atoms. The summed E-state index contributed by atoms with van der Waals surface area (Å²) >= 11 is 0. The zero-order chi connectivity index (χ0) is 21.9. The molecule has 5 rings (SSSR count). The van der Waals surface area contributed by atoms with Gasteiger partial charge in [0.2, 0.25) is 5.91 Å². The van der Waals surface area contributed by atoms with Crippen LogP contribution in [0.4, 0.5) is 5.69 Å². The van der Waals surface area contributed by atoms with Gasteiger partial charge in [0.1, 0.15) is 5.52 Å². The Morgan fingerprint density at radius 2 is 1.88 bits per heavy atom. The number of nitrogens with zero attached hydrogens (tertiary/aromatic N) is 2. The summed E-state index contributed by atoms with van der Waals surface area (Å²) in [5.41, 5.74) is 4.16. The number of rotatable bonds is 5. The minimum atomic E-state index is -0.163. The first-order valence-electron chi connectivity index (χ1n) is 10.5. The van der Waals surface area contributed by atoms with Crippen molar-refractivity contribution >= 4 is 28.4 Å². The maximum Gasteiger partial charge on any atom is 0.251 e. The summed E-state index contributed by atoms with van der Waals surface area (Å²) in [5, 5.41) is 10.7. The van der Waals surface area contributed by atoms with E-state index in [4.69, 9.17) is 4.52 Å². The first-order valence-corrected chi connectivity index (χ1v) is 10.5. The third kappa shape index (κ3) is 4.05. The van der Waals surface area contributed by atoms with Crippen molar-refractivity contribution in [1.29, 1.82) is 0 Å². The molecule has 1 aliphatic rings. The first kappa shape index (κ1) is 19.8. The molecule has 0 atom stereocenters. The number of carbonyl (C=O) groups excluding carboxylic acids is 2. The van der Waals surface area contributed by atoms with E-state index in [0.717, 1.165) is 28.7 Å². The molecule has 0 bridgehead atoms. The normalized spacial score (nSPS) is 13.8. The fourth-order valence-corrected chi connectivity index (χ4v) is 3.85. The third-order valence-electron chi connectivity index (χ3n) is 5.57. The maximum absolute atomic E-state index is 12.8. The van der Waals surface area contributed by atoms with Crippen LogP contribution < -0.4 is 15.5 Å². The summed E-state index contributed by atoms with van der Waals surface area (Å²) in [5.74, 6) is 0.522. The zero-order valence-corrected chi connectivity index (χ0v) is 17.4. The average Bonchev–Trinajstić information content (AvgIpc) is 3.27. The van der Waals surface area contributed by atoms with Gasteiger partial charge >= 0.3 is 0 Å². The predicted octanol–water partition coefficient (Wildman–Crippen LogP) is 3.36. The molecule has 0 saturated carbocycles. The predicted molar refractivity (Wildman–Crippen MR) is 122 cm³/mol. The Morgan fingerprint density at radius 1 is 1.06 bits per heavy atom. The van der Waals surface area contributed by atoms with Gasteiger partial charge in [0, 0.05) is 36.4 Å². The van der Waals surface area contributed by atoms with Crippen LogP contribution in [-0.4, -0.2) is 36.6 Å². The number of carbonyl (C=O) groups is 2. The van der Waals surface area contributed by atoms with E-state index in [9.17, 15) is 9.59 Å². The molecule has 1 aromatic heterocycles. The summed E-state index contributed by atoms with van der Waals surface area (Å²) in [6, 6.07) is 23.0. The largest absolute Gasteiger partial charge is 0.360 e. The molecule has 2 amide bonds. The van der Waals surface area contributed by atoms with Crippen LogP contribution in [0, 0.1) is 0 Å². The Labute approximate surface area is 185 Å². The molecule has 3 aromatic carbocycles. The van der Waals surface area contributed by atoms with E-state index in [0.29, 0.717) is 36.5 Å². The lowest BCUT2D eigenvalue weighted by Crippen LogP contribution is -2.47. The lowest BCUT2D eigenvalue weighted by Gasteiger charge is -2.28. The van der Waals surface area contributed by atoms with E-state index in [1.165, 1.54) is 0 Å². The van der Waals surface area contributed by atoms with Gasteiger partial charge in [0.05, 0.1) is 11.9 Å². The minimum Gasteiger partial charge on any atom is -0.360 e. The van der Waals surface area contributed by atoms with Crippen LogP contribution in [-0.2, 0) is 11.3 Å². The number of piperazine rings is 1. The highest BCUT2D eigenvalue weighted by Gasteiger charge is 2.17. The highest BCUT2D eigenvalue weighted by atomic mass is 16.5. The maximum atomic E-state index is 12.8. The zero-order valence-electron chi connectivity index (χ0n) is 17.4. The van der Waals surface area contributed by atoms with E-state index >= 15 is 0 Å². The molecule has 1 aliphatic heterocycles. The number of anilines is 1. The Bertz CT molecular complexity index is 1270. The van der Waals surface area contributed by atoms with Crippen molar-refractivity contribution in [2.75, 3.05) is 24.5 Å². The monoisotopic (exact) mass is 426 g/mol. The number of amides is 2. The number of benzene rings is 3. The van der Waals surface area contributed by atoms with Gasteiger partial charge in [0.15, 0.2) is 5.76 Å². The number of nitrogens with one attached hydrogen (secondary N) is 2. The molecule has 4 aromatic rings. The highest BCUT2D eigenvalue weighted by Crippen LogP contribution is 2.29. The molecule has 0 spiro atoms. The Balaban J connectivity index is 1.27. The van der Waals surface area contributed by atoms with Crippen molar-refractivity contribution in [1.82, 2.24) is 15.8 Å². The van der Waals surface area contributed by atoms with E-state index in [1.54, 1.807) is 12.1 Å². The molecule has 2 N–H and O–H groups in total. The second kappa shape index (κ2) is 8.55. The van der Waals surface area contributed by atoms with Crippen LogP contribution in [0.1, 0.15) is 15.9 Å². The number of fused-ring (bicyclic) bond motifs is 1. The van der Waals surface area contributed by atoms with Crippen molar-refractivity contribution < 1.29 is 14.1 Å². The second-order valence-corrected chi connectivity index (χ2v) is 7.73. The second-order valence-electron chi connectivity index (χ2n) is 7.73. The van der Waals surface area contributed by atoms with Crippen molar-refractivity contribution in [3.05, 3.63) is 83.9 Å². The Kier molecular flexibility index (Phi) is 5.29. The number of hydrogen-bond acceptors (Lipinski definition) is 5. The summed E-state index contributed by atoms with van der Waals surface area (Å²) in [4.78, 5) is 26.4. The van der Waals surface area contributed by atoms with Gasteiger partial charge in [-0.3, -0.25) is 9.59 Å². The fraction of sp³-hybridized carbons (Fsp3) is 0.160. The molecule has 0 aliphatic carbocycles. The molecule has 0 radical (unpaired) electrons. The number of hydrogen-bond donors (Lipinski definition) is 2. The van der Waals surface area contributed by atoms with Gasteiger partial charge < -0.3 is 20.1 Å². The van der Waals surface area contributed by atoms with Gasteiger partial charge in [0.25, 0.3) is 5.91 Å². The van der Waals surface area contributed by atoms with Gasteiger partial charge in [-0.2, -0.15) is 0 Å². The summed E-state index contributed by atoms with van der Waals surface area (Å²) in [7, 11) is 0. The van der Waals surface area contributed by atoms with Crippen molar-refractivity contribution in [3.63, 3.8) is 0 Å². The highest BCUT2D eigenvalue weighted by molar-refractivity contribution is 6.01. The van der Waals surface area contributed by atoms with E-state index in [2.05, 4.69) is 15.8 Å². The van der Waals surface area contributed by atoms with Crippen molar-refractivity contribution in [3.8, 4) is 11.3 Å². The van der Waals surface area contributed by atoms with Gasteiger partial charge in [-0.05, 0) is 35.9 Å². The molecule has 0 unspecified atom stereocenters. The van der Waals surface area contributed by atoms with Crippen LogP contribution in [0.2, 0.25) is 0 Å². The molecule has 1 saturated heterocycles. The summed E-state index contributed by atoms with van der Waals surface area (Å²) in [6.45, 7) is 2.22. The van der Waals surface area contributed by atoms with Crippen LogP contribution in [0.3, 0.4) is 0 Å². The average molecular weight is 426 g/mol. The van der Waals surface area contributed by atoms with Crippen molar-refractivity contribution in [2.24, 2.45) is 0 Å². The SMILES string of the molecule is O=C1CN(c2ccc(CNC(=O)c3ccc4noc(-c5ccccc5)c4c3)cc2)CCN1. The lowest BCUT2D eigenvalue weighted by molar-refractivity contribution is -0.120. The fourth-order valence-electron chi connectivity index (χ4n) is 3.85. The molecular weight excluding hydrogens is 404 g/mol. The standard InChI is InChI=1S/C25H22N4O3/c30-23-16-29(13-12-26-23)20-9-6-17(7-10-20)15-27-25(31)19-8-11-22-21(14-19)24(32-28-22)18-4-2-1-3-5-18/h1-11,14H,12-13,15-16H2,(H,26,30)(H,27,31). The van der Waals surface area contributed by atoms with E-state index < -0.39 is 0 Å². The van der Waals surface area contributed by atoms with Crippen LogP contribution in [0.5, 0.6) is 0 Å². The Morgan fingerprint density at radius 3 is 2.66 bits per heavy atom. The topological polar surface area (TPSA) is 87.5 Å². The molecule has 7 heteroatoms. The van der Waals surface area contributed by atoms with Gasteiger partial charge in [-0.25, -0.2) is 0 Å². The molecule has 1 fully saturated rings. The molecule has 7 nitrogen and oxygen atoms in total. The lowest BCUT2D eigenvalue weighted by atomic mass is 10.1. The van der Waals surface area contributed by atoms with Gasteiger partial charge in [-0.1, -0.05) is 47.6 Å². The van der Waals surface area contributed by atoms with Crippen molar-refractivity contribution in [2.45, 2.75) is 6.54 Å². The Hall–Kier alpha value is -4.13. The third-order valence-corrected chi connectivity index (χ3v) is 5.57. The quantitative estimate of drug-likeness (QED) is 0.511. The summed E-state index contributed by atoms with van der Waals surface area (Å²) in [6.07, 6.45) is 0. The van der Waals surface area contributed by atoms with Crippen LogP contribution in [0.15, 0.2) is 77.3 Å². The minimum absolute atomic E-state index is 0.0350. The van der Waals surface area contributed by atoms with Crippen LogP contribution >= 0.6 is 0 Å². The number of aromatic nitrogens is 1. The van der Waals surface area contributed by atoms with E-state index in [-0.39, 0.29) is 11.8 Å². The van der Waals surface area contributed by atoms with Crippen LogP contribution in [0.25, 0.3) is 22.2 Å². The molecule has 160 valence electrons. The smallest absolute Gasteiger partial charge is 0.251 e.